The molecule has 1 aromatic rings. The smallest absolute Gasteiger partial charge is 0.203 e. The maximum Gasteiger partial charge on any atom is 0.203 e. The highest BCUT2D eigenvalue weighted by molar-refractivity contribution is 7.95. The number of hydrogen-bond acceptors (Lipinski definition) is 3. The van der Waals surface area contributed by atoms with E-state index in [0.717, 1.165) is 5.56 Å². The van der Waals surface area contributed by atoms with Gasteiger partial charge in [-0.25, -0.2) is 8.42 Å². The van der Waals surface area contributed by atoms with Gasteiger partial charge in [-0.3, -0.25) is 0 Å². The molecule has 1 aromatic carbocycles. The maximum atomic E-state index is 12.2. The van der Waals surface area contributed by atoms with Crippen LogP contribution < -0.4 is 5.32 Å². The summed E-state index contributed by atoms with van der Waals surface area (Å²) < 4.78 is 24.5. The molecule has 1 atom stereocenters. The third-order valence-corrected chi connectivity index (χ3v) is 5.07. The molecule has 3 nitrogen and oxygen atoms in total. The van der Waals surface area contributed by atoms with Crippen LogP contribution in [0.5, 0.6) is 0 Å². The standard InChI is InChI=1S/C12H14ClNO2S/c1-8(14-2)5-11-6-9-3-4-10(13)7-12(9)17(11,15)16/h3-4,6-8,14H,5H2,1-2H3. The van der Waals surface area contributed by atoms with Crippen LogP contribution in [0.1, 0.15) is 18.9 Å². The highest BCUT2D eigenvalue weighted by atomic mass is 35.5. The summed E-state index contributed by atoms with van der Waals surface area (Å²) in [4.78, 5) is 0.778. The molecule has 2 rings (SSSR count). The van der Waals surface area contributed by atoms with E-state index < -0.39 is 9.84 Å². The molecule has 92 valence electrons. The fraction of sp³-hybridized carbons (Fsp3) is 0.333. The number of nitrogens with one attached hydrogen (secondary N) is 1. The van der Waals surface area contributed by atoms with Gasteiger partial charge in [0.2, 0.25) is 9.84 Å². The average molecular weight is 272 g/mol. The van der Waals surface area contributed by atoms with Crippen LogP contribution in [0.3, 0.4) is 0 Å². The lowest BCUT2D eigenvalue weighted by atomic mass is 10.1. The van der Waals surface area contributed by atoms with Crippen LogP contribution in [0.4, 0.5) is 0 Å². The van der Waals surface area contributed by atoms with Gasteiger partial charge in [0.05, 0.1) is 9.80 Å². The minimum atomic E-state index is -3.34. The molecule has 17 heavy (non-hydrogen) atoms. The van der Waals surface area contributed by atoms with Crippen LogP contribution in [0.25, 0.3) is 6.08 Å². The molecule has 0 saturated heterocycles. The Hall–Kier alpha value is -0.840. The first-order valence-corrected chi connectivity index (χ1v) is 7.23. The maximum absolute atomic E-state index is 12.2. The van der Waals surface area contributed by atoms with Crippen LogP contribution in [-0.4, -0.2) is 21.5 Å². The summed E-state index contributed by atoms with van der Waals surface area (Å²) in [6.07, 6.45) is 2.22. The predicted molar refractivity (Wildman–Crippen MR) is 69.8 cm³/mol. The van der Waals surface area contributed by atoms with Crippen molar-refractivity contribution in [2.45, 2.75) is 24.3 Å². The van der Waals surface area contributed by atoms with Gasteiger partial charge in [0.15, 0.2) is 0 Å². The minimum Gasteiger partial charge on any atom is -0.317 e. The van der Waals surface area contributed by atoms with E-state index in [2.05, 4.69) is 5.32 Å². The molecule has 0 fully saturated rings. The third kappa shape index (κ3) is 2.25. The van der Waals surface area contributed by atoms with Crippen molar-refractivity contribution in [1.29, 1.82) is 0 Å². The van der Waals surface area contributed by atoms with Gasteiger partial charge in [-0.2, -0.15) is 0 Å². The Balaban J connectivity index is 2.43. The van der Waals surface area contributed by atoms with Crippen LogP contribution >= 0.6 is 11.6 Å². The Labute approximate surface area is 106 Å². The van der Waals surface area contributed by atoms with Crippen molar-refractivity contribution in [2.24, 2.45) is 0 Å². The van der Waals surface area contributed by atoms with Crippen molar-refractivity contribution < 1.29 is 8.42 Å². The number of benzene rings is 1. The van der Waals surface area contributed by atoms with Gasteiger partial charge < -0.3 is 5.32 Å². The Morgan fingerprint density at radius 3 is 2.76 bits per heavy atom. The zero-order chi connectivity index (χ0) is 12.6. The molecule has 1 N–H and O–H groups in total. The molecule has 1 aliphatic rings. The van der Waals surface area contributed by atoms with E-state index in [4.69, 9.17) is 11.6 Å². The van der Waals surface area contributed by atoms with Crippen LogP contribution in [0.15, 0.2) is 28.0 Å². The summed E-state index contributed by atoms with van der Waals surface area (Å²) in [5.41, 5.74) is 0.729. The van der Waals surface area contributed by atoms with Crippen LogP contribution in [-0.2, 0) is 9.84 Å². The molecule has 1 unspecified atom stereocenters. The number of hydrogen-bond donors (Lipinski definition) is 1. The lowest BCUT2D eigenvalue weighted by molar-refractivity contribution is 0.586. The Morgan fingerprint density at radius 2 is 2.12 bits per heavy atom. The molecular weight excluding hydrogens is 258 g/mol. The Bertz CT molecular complexity index is 578. The second kappa shape index (κ2) is 4.44. The first-order valence-electron chi connectivity index (χ1n) is 5.37. The first kappa shape index (κ1) is 12.6. The number of halogens is 1. The molecule has 0 amide bonds. The molecule has 1 aliphatic heterocycles. The molecular formula is C12H14ClNO2S. The zero-order valence-corrected chi connectivity index (χ0v) is 11.3. The van der Waals surface area contributed by atoms with Crippen molar-refractivity contribution in [2.75, 3.05) is 7.05 Å². The van der Waals surface area contributed by atoms with Gasteiger partial charge >= 0.3 is 0 Å². The molecule has 5 heteroatoms. The van der Waals surface area contributed by atoms with Crippen molar-refractivity contribution in [3.8, 4) is 0 Å². The van der Waals surface area contributed by atoms with E-state index in [0.29, 0.717) is 21.2 Å². The van der Waals surface area contributed by atoms with E-state index >= 15 is 0 Å². The van der Waals surface area contributed by atoms with Gasteiger partial charge in [0.1, 0.15) is 0 Å². The predicted octanol–water partition coefficient (Wildman–Crippen LogP) is 2.47. The lowest BCUT2D eigenvalue weighted by Gasteiger charge is -2.10. The fourth-order valence-corrected chi connectivity index (χ4v) is 3.82. The molecule has 0 aromatic heterocycles. The summed E-state index contributed by atoms with van der Waals surface area (Å²) >= 11 is 5.83. The number of rotatable bonds is 3. The third-order valence-electron chi connectivity index (χ3n) is 2.93. The molecule has 0 spiro atoms. The minimum absolute atomic E-state index is 0.126. The average Bonchev–Trinajstić information content (AvgIpc) is 2.52. The molecule has 0 radical (unpaired) electrons. The van der Waals surface area contributed by atoms with Crippen molar-refractivity contribution in [3.05, 3.63) is 33.7 Å². The summed E-state index contributed by atoms with van der Waals surface area (Å²) in [6.45, 7) is 1.95. The van der Waals surface area contributed by atoms with Crippen molar-refractivity contribution in [1.82, 2.24) is 5.32 Å². The molecule has 1 heterocycles. The number of fused-ring (bicyclic) bond motifs is 1. The van der Waals surface area contributed by atoms with Crippen molar-refractivity contribution >= 4 is 27.5 Å². The second-order valence-electron chi connectivity index (χ2n) is 4.19. The fourth-order valence-electron chi connectivity index (χ4n) is 1.82. The molecule has 0 aliphatic carbocycles. The van der Waals surface area contributed by atoms with E-state index in [1.54, 1.807) is 18.2 Å². The van der Waals surface area contributed by atoms with E-state index in [9.17, 15) is 8.42 Å². The molecule has 0 bridgehead atoms. The largest absolute Gasteiger partial charge is 0.317 e. The van der Waals surface area contributed by atoms with Gasteiger partial charge in [0.25, 0.3) is 0 Å². The SMILES string of the molecule is CNC(C)CC1=Cc2ccc(Cl)cc2S1(=O)=O. The quantitative estimate of drug-likeness (QED) is 0.919. The lowest BCUT2D eigenvalue weighted by Crippen LogP contribution is -2.22. The highest BCUT2D eigenvalue weighted by Gasteiger charge is 2.30. The summed E-state index contributed by atoms with van der Waals surface area (Å²) in [5, 5.41) is 3.48. The van der Waals surface area contributed by atoms with Crippen LogP contribution in [0, 0.1) is 0 Å². The van der Waals surface area contributed by atoms with E-state index in [1.165, 1.54) is 6.07 Å². The zero-order valence-electron chi connectivity index (χ0n) is 9.70. The number of sulfone groups is 1. The summed E-state index contributed by atoms with van der Waals surface area (Å²) in [7, 11) is -1.52. The topological polar surface area (TPSA) is 46.2 Å². The first-order chi connectivity index (χ1) is 7.95. The van der Waals surface area contributed by atoms with Gasteiger partial charge in [-0.1, -0.05) is 17.7 Å². The monoisotopic (exact) mass is 271 g/mol. The summed E-state index contributed by atoms with van der Waals surface area (Å²) in [6, 6.07) is 5.09. The van der Waals surface area contributed by atoms with Crippen molar-refractivity contribution in [3.63, 3.8) is 0 Å². The van der Waals surface area contributed by atoms with E-state index in [-0.39, 0.29) is 6.04 Å². The van der Waals surface area contributed by atoms with Gasteiger partial charge in [0, 0.05) is 11.1 Å². The van der Waals surface area contributed by atoms with Crippen LogP contribution in [0.2, 0.25) is 5.02 Å². The normalized spacial score (nSPS) is 18.6. The highest BCUT2D eigenvalue weighted by Crippen LogP contribution is 2.36. The van der Waals surface area contributed by atoms with E-state index in [1.807, 2.05) is 14.0 Å². The Morgan fingerprint density at radius 1 is 1.41 bits per heavy atom. The Kier molecular flexibility index (Phi) is 3.30. The van der Waals surface area contributed by atoms with Gasteiger partial charge in [-0.15, -0.1) is 0 Å². The summed E-state index contributed by atoms with van der Waals surface area (Å²) in [5.74, 6) is 0. The molecule has 0 saturated carbocycles. The second-order valence-corrected chi connectivity index (χ2v) is 6.60. The van der Waals surface area contributed by atoms with Gasteiger partial charge in [-0.05, 0) is 44.2 Å².